The maximum atomic E-state index is 11.9. The fourth-order valence-electron chi connectivity index (χ4n) is 1.52. The number of rotatable bonds is 2. The van der Waals surface area contributed by atoms with Crippen molar-refractivity contribution in [3.05, 3.63) is 12.2 Å². The van der Waals surface area contributed by atoms with Gasteiger partial charge in [-0.2, -0.15) is 0 Å². The summed E-state index contributed by atoms with van der Waals surface area (Å²) >= 11 is 0. The molecule has 1 amide bonds. The van der Waals surface area contributed by atoms with Crippen LogP contribution in [0, 0.1) is 0 Å². The van der Waals surface area contributed by atoms with Crippen LogP contribution < -0.4 is 0 Å². The highest BCUT2D eigenvalue weighted by Gasteiger charge is 2.27. The Hall–Kier alpha value is -1.72. The molecule has 1 aliphatic heterocycles. The molecule has 0 saturated heterocycles. The van der Waals surface area contributed by atoms with Crippen LogP contribution in [0.4, 0.5) is 9.59 Å². The Labute approximate surface area is 113 Å². The maximum absolute atomic E-state index is 11.9. The Kier molecular flexibility index (Phi) is 5.20. The van der Waals surface area contributed by atoms with E-state index in [0.717, 1.165) is 0 Å². The third-order valence-corrected chi connectivity index (χ3v) is 2.24. The maximum Gasteiger partial charge on any atom is 0.508 e. The van der Waals surface area contributed by atoms with Crippen LogP contribution in [0.2, 0.25) is 0 Å². The average Bonchev–Trinajstić information content (AvgIpc) is 2.27. The normalized spacial score (nSPS) is 18.9. The van der Waals surface area contributed by atoms with Crippen molar-refractivity contribution in [1.82, 2.24) is 4.90 Å². The zero-order chi connectivity index (χ0) is 14.5. The second-order valence-electron chi connectivity index (χ2n) is 5.15. The van der Waals surface area contributed by atoms with Gasteiger partial charge in [0.25, 0.3) is 0 Å². The molecule has 0 aromatic heterocycles. The molecule has 0 fully saturated rings. The van der Waals surface area contributed by atoms with Crippen molar-refractivity contribution < 1.29 is 23.8 Å². The number of hydrogen-bond acceptors (Lipinski definition) is 5. The molecule has 19 heavy (non-hydrogen) atoms. The molecule has 0 radical (unpaired) electrons. The molecule has 1 unspecified atom stereocenters. The van der Waals surface area contributed by atoms with E-state index in [-0.39, 0.29) is 13.2 Å². The Morgan fingerprint density at radius 1 is 1.37 bits per heavy atom. The Morgan fingerprint density at radius 3 is 2.63 bits per heavy atom. The quantitative estimate of drug-likeness (QED) is 0.569. The van der Waals surface area contributed by atoms with Crippen molar-refractivity contribution >= 4 is 12.2 Å². The van der Waals surface area contributed by atoms with Crippen LogP contribution in [0.3, 0.4) is 0 Å². The van der Waals surface area contributed by atoms with Crippen LogP contribution in [-0.2, 0) is 14.2 Å². The number of hydrogen-bond donors (Lipinski definition) is 0. The van der Waals surface area contributed by atoms with E-state index in [1.807, 2.05) is 0 Å². The lowest BCUT2D eigenvalue weighted by Gasteiger charge is -2.30. The summed E-state index contributed by atoms with van der Waals surface area (Å²) in [6, 6.07) is 0. The molecule has 0 bridgehead atoms. The number of nitrogens with zero attached hydrogens (tertiary/aromatic N) is 1. The lowest BCUT2D eigenvalue weighted by Crippen LogP contribution is -2.43. The summed E-state index contributed by atoms with van der Waals surface area (Å²) in [4.78, 5) is 24.6. The molecule has 0 aromatic carbocycles. The molecule has 1 atom stereocenters. The lowest BCUT2D eigenvalue weighted by molar-refractivity contribution is 0.00448. The first-order valence-corrected chi connectivity index (χ1v) is 6.30. The highest BCUT2D eigenvalue weighted by Crippen LogP contribution is 2.13. The van der Waals surface area contributed by atoms with Gasteiger partial charge in [-0.15, -0.1) is 0 Å². The predicted molar refractivity (Wildman–Crippen MR) is 68.8 cm³/mol. The van der Waals surface area contributed by atoms with E-state index in [1.165, 1.54) is 4.90 Å². The summed E-state index contributed by atoms with van der Waals surface area (Å²) in [5.41, 5.74) is -0.546. The fourth-order valence-corrected chi connectivity index (χ4v) is 1.52. The van der Waals surface area contributed by atoms with Gasteiger partial charge in [-0.1, -0.05) is 6.08 Å². The highest BCUT2D eigenvalue weighted by molar-refractivity contribution is 5.69. The van der Waals surface area contributed by atoms with Crippen LogP contribution in [0.1, 0.15) is 27.7 Å². The second-order valence-corrected chi connectivity index (χ2v) is 5.15. The predicted octanol–water partition coefficient (Wildman–Crippen LogP) is 2.33. The summed E-state index contributed by atoms with van der Waals surface area (Å²) in [5, 5.41) is 0. The zero-order valence-electron chi connectivity index (χ0n) is 11.8. The fraction of sp³-hybridized carbons (Fsp3) is 0.692. The lowest BCUT2D eigenvalue weighted by atomic mass is 10.2. The van der Waals surface area contributed by atoms with Gasteiger partial charge in [-0.25, -0.2) is 9.59 Å². The smallest absolute Gasteiger partial charge is 0.444 e. The monoisotopic (exact) mass is 271 g/mol. The summed E-state index contributed by atoms with van der Waals surface area (Å²) in [6.45, 7) is 8.07. The molecule has 1 aliphatic rings. The highest BCUT2D eigenvalue weighted by atomic mass is 16.7. The summed E-state index contributed by atoms with van der Waals surface area (Å²) in [7, 11) is 0. The van der Waals surface area contributed by atoms with Crippen molar-refractivity contribution in [2.45, 2.75) is 39.4 Å². The minimum Gasteiger partial charge on any atom is -0.444 e. The molecule has 6 nitrogen and oxygen atoms in total. The number of amides is 1. The van der Waals surface area contributed by atoms with E-state index in [1.54, 1.807) is 39.8 Å². The number of carbonyl (C=O) groups is 2. The van der Waals surface area contributed by atoms with E-state index in [9.17, 15) is 9.59 Å². The third-order valence-electron chi connectivity index (χ3n) is 2.24. The molecule has 0 spiro atoms. The molecule has 108 valence electrons. The van der Waals surface area contributed by atoms with E-state index >= 15 is 0 Å². The van der Waals surface area contributed by atoms with Crippen molar-refractivity contribution in [2.24, 2.45) is 0 Å². The van der Waals surface area contributed by atoms with Gasteiger partial charge in [0, 0.05) is 6.54 Å². The van der Waals surface area contributed by atoms with Gasteiger partial charge in [0.2, 0.25) is 0 Å². The first-order valence-electron chi connectivity index (χ1n) is 6.30. The molecule has 0 saturated carbocycles. The van der Waals surface area contributed by atoms with Gasteiger partial charge < -0.3 is 19.1 Å². The number of carbonyl (C=O) groups excluding carboxylic acids is 2. The zero-order valence-corrected chi connectivity index (χ0v) is 11.8. The van der Waals surface area contributed by atoms with Crippen LogP contribution in [-0.4, -0.2) is 48.5 Å². The molecular weight excluding hydrogens is 250 g/mol. The molecular formula is C13H21NO5. The Bertz CT molecular complexity index is 359. The molecule has 1 rings (SSSR count). The summed E-state index contributed by atoms with van der Waals surface area (Å²) in [6.07, 6.45) is 1.84. The van der Waals surface area contributed by atoms with E-state index in [4.69, 9.17) is 14.2 Å². The molecule has 0 N–H and O–H groups in total. The second kappa shape index (κ2) is 6.45. The summed E-state index contributed by atoms with van der Waals surface area (Å²) < 4.78 is 15.0. The van der Waals surface area contributed by atoms with Crippen LogP contribution in [0.25, 0.3) is 0 Å². The largest absolute Gasteiger partial charge is 0.508 e. The Morgan fingerprint density at radius 2 is 2.05 bits per heavy atom. The molecule has 1 heterocycles. The minimum atomic E-state index is -0.733. The van der Waals surface area contributed by atoms with Crippen molar-refractivity contribution in [3.8, 4) is 0 Å². The van der Waals surface area contributed by atoms with E-state index in [0.29, 0.717) is 6.54 Å². The topological polar surface area (TPSA) is 65.1 Å². The van der Waals surface area contributed by atoms with Crippen LogP contribution >= 0.6 is 0 Å². The van der Waals surface area contributed by atoms with Gasteiger partial charge in [0.1, 0.15) is 11.7 Å². The van der Waals surface area contributed by atoms with Crippen molar-refractivity contribution in [3.63, 3.8) is 0 Å². The van der Waals surface area contributed by atoms with Gasteiger partial charge in [-0.05, 0) is 33.8 Å². The van der Waals surface area contributed by atoms with Crippen molar-refractivity contribution in [2.75, 3.05) is 19.7 Å². The molecule has 6 heteroatoms. The van der Waals surface area contributed by atoms with Gasteiger partial charge in [0.15, 0.2) is 0 Å². The van der Waals surface area contributed by atoms with Crippen LogP contribution in [0.5, 0.6) is 0 Å². The minimum absolute atomic E-state index is 0.255. The summed E-state index contributed by atoms with van der Waals surface area (Å²) in [5.74, 6) is 0. The van der Waals surface area contributed by atoms with Gasteiger partial charge >= 0.3 is 12.2 Å². The van der Waals surface area contributed by atoms with Gasteiger partial charge in [-0.3, -0.25) is 0 Å². The Balaban J connectivity index is 2.50. The molecule has 0 aliphatic carbocycles. The van der Waals surface area contributed by atoms with Crippen molar-refractivity contribution in [1.29, 1.82) is 0 Å². The average molecular weight is 271 g/mol. The standard InChI is InChI=1S/C13H21NO5/c1-5-17-12(16)18-10-7-6-8-14(9-10)11(15)19-13(2,3)4/h6-7,10H,5,8-9H2,1-4H3. The SMILES string of the molecule is CCOC(=O)OC1C=CCN(C(=O)OC(C)(C)C)C1. The van der Waals surface area contributed by atoms with E-state index < -0.39 is 24.0 Å². The first kappa shape index (κ1) is 15.3. The van der Waals surface area contributed by atoms with Crippen LogP contribution in [0.15, 0.2) is 12.2 Å². The molecule has 0 aromatic rings. The number of ether oxygens (including phenoxy) is 3. The first-order chi connectivity index (χ1) is 8.81. The van der Waals surface area contributed by atoms with E-state index in [2.05, 4.69) is 0 Å². The third kappa shape index (κ3) is 5.63. The van der Waals surface area contributed by atoms with Gasteiger partial charge in [0.05, 0.1) is 13.2 Å².